The molecule has 0 radical (unpaired) electrons. The van der Waals surface area contributed by atoms with Crippen molar-refractivity contribution < 1.29 is 62.2 Å². The number of nitrogens with zero attached hydrogens (tertiary/aromatic N) is 2. The van der Waals surface area contributed by atoms with Crippen LogP contribution in [0.5, 0.6) is 11.6 Å². The van der Waals surface area contributed by atoms with E-state index in [0.29, 0.717) is 30.8 Å². The zero-order valence-corrected chi connectivity index (χ0v) is 43.9. The minimum Gasteiger partial charge on any atom is -0.491 e. The molecule has 17 heteroatoms. The van der Waals surface area contributed by atoms with Crippen molar-refractivity contribution in [3.05, 3.63) is 76.5 Å². The summed E-state index contributed by atoms with van der Waals surface area (Å²) in [7, 11) is 0. The van der Waals surface area contributed by atoms with Gasteiger partial charge in [0.05, 0.1) is 21.7 Å². The van der Waals surface area contributed by atoms with Crippen LogP contribution in [0.2, 0.25) is 0 Å². The predicted octanol–water partition coefficient (Wildman–Crippen LogP) is 7.12. The summed E-state index contributed by atoms with van der Waals surface area (Å²) in [5.74, 6) is -2.48. The Morgan fingerprint density at radius 2 is 1.34 bits per heavy atom. The minimum atomic E-state index is -1.54. The largest absolute Gasteiger partial charge is 0.491 e. The summed E-state index contributed by atoms with van der Waals surface area (Å²) in [6.07, 6.45) is -7.71. The van der Waals surface area contributed by atoms with Gasteiger partial charge in [0.15, 0.2) is 12.2 Å². The number of nitrogens with two attached hydrogens (primary N) is 1. The van der Waals surface area contributed by atoms with Crippen LogP contribution in [0, 0.1) is 28.6 Å². The molecular weight excluding hydrogens is 901 g/mol. The first-order valence-electron chi connectivity index (χ1n) is 24.0. The van der Waals surface area contributed by atoms with Gasteiger partial charge in [-0.15, -0.1) is 5.10 Å². The van der Waals surface area contributed by atoms with Crippen LogP contribution in [-0.4, -0.2) is 113 Å². The first-order valence-corrected chi connectivity index (χ1v) is 24.0. The van der Waals surface area contributed by atoms with Crippen molar-refractivity contribution in [2.24, 2.45) is 27.4 Å². The number of primary amides is 1. The van der Waals surface area contributed by atoms with Gasteiger partial charge < -0.3 is 44.0 Å². The molecule has 0 spiro atoms. The Bertz CT molecular complexity index is 2250. The lowest BCUT2D eigenvalue weighted by atomic mass is 9.93. The number of H-pyrrole nitrogens is 1. The molecule has 3 aromatic rings. The van der Waals surface area contributed by atoms with E-state index in [0.717, 1.165) is 22.4 Å². The van der Waals surface area contributed by atoms with Crippen molar-refractivity contribution in [3.8, 4) is 11.6 Å². The molecule has 4 rings (SSSR count). The molecule has 0 saturated carbocycles. The first-order chi connectivity index (χ1) is 32.3. The number of aryl methyl sites for hydroxylation is 1. The van der Waals surface area contributed by atoms with Crippen molar-refractivity contribution in [2.75, 3.05) is 26.3 Å². The monoisotopic (exact) mass is 979 g/mol. The smallest absolute Gasteiger partial charge is 0.311 e. The normalized spacial score (nSPS) is 19.3. The number of hydrogen-bond donors (Lipinski definition) is 3. The van der Waals surface area contributed by atoms with Crippen LogP contribution in [0.4, 0.5) is 0 Å². The number of aromatic amines is 1. The van der Waals surface area contributed by atoms with E-state index in [9.17, 15) is 29.1 Å². The summed E-state index contributed by atoms with van der Waals surface area (Å²) in [6.45, 7) is 26.6. The number of hydrogen-bond acceptors (Lipinski definition) is 15. The number of ether oxygens (including phenoxy) is 7. The molecule has 4 N–H and O–H groups in total. The summed E-state index contributed by atoms with van der Waals surface area (Å²) in [6, 6.07) is 15.3. The van der Waals surface area contributed by atoms with E-state index in [-0.39, 0.29) is 31.4 Å². The van der Waals surface area contributed by atoms with Crippen LogP contribution in [0.3, 0.4) is 0 Å². The fourth-order valence-corrected chi connectivity index (χ4v) is 7.04. The highest BCUT2D eigenvalue weighted by molar-refractivity contribution is 5.78. The van der Waals surface area contributed by atoms with E-state index in [1.54, 1.807) is 83.1 Å². The molecule has 2 aromatic carbocycles. The number of carbonyl (C=O) groups is 5. The van der Waals surface area contributed by atoms with E-state index in [2.05, 4.69) is 10.2 Å². The van der Waals surface area contributed by atoms with Crippen LogP contribution in [-0.2, 0) is 60.6 Å². The molecule has 1 fully saturated rings. The first kappa shape index (κ1) is 57.1. The molecule has 0 bridgehead atoms. The van der Waals surface area contributed by atoms with E-state index in [4.69, 9.17) is 38.9 Å². The van der Waals surface area contributed by atoms with E-state index < -0.39 is 94.9 Å². The average molecular weight is 979 g/mol. The maximum atomic E-state index is 13.9. The maximum Gasteiger partial charge on any atom is 0.311 e. The lowest BCUT2D eigenvalue weighted by Crippen LogP contribution is -2.65. The highest BCUT2D eigenvalue weighted by Crippen LogP contribution is 2.37. The van der Waals surface area contributed by atoms with Gasteiger partial charge in [0, 0.05) is 43.7 Å². The van der Waals surface area contributed by atoms with Crippen molar-refractivity contribution >= 4 is 29.8 Å². The Morgan fingerprint density at radius 1 is 0.786 bits per heavy atom. The fraction of sp³-hybridized carbons (Fsp3) is 0.623. The standard InChI is InChI=1S/C53H78N4O13/c1-31(2)40-37(26-34-21-22-36(25-32(34)3)64-29-35(58)28-57(24-23-39(54)59)27-33-19-17-16-18-20-33)44(56-55-40)70-45-43(69-49(63)53(13,14)15)42(68-48(62)52(10,11)12)41(67-47(61)51(7,8)9)38(66-45)30-65-46(60)50(4,5)6/h16-22,25,31,35,38,41-43,45,58H,23-24,26-30H2,1-15H3,(H2,54,59)(H,55,56)/t35-,38-,41-,42+,43-,45+/m1/s1. The minimum absolute atomic E-state index is 0.00106. The topological polar surface area (TPSA) is 228 Å². The van der Waals surface area contributed by atoms with Crippen LogP contribution >= 0.6 is 0 Å². The predicted molar refractivity (Wildman–Crippen MR) is 261 cm³/mol. The van der Waals surface area contributed by atoms with Gasteiger partial charge in [0.25, 0.3) is 0 Å². The number of aromatic nitrogens is 2. The fourth-order valence-electron chi connectivity index (χ4n) is 7.04. The third-order valence-corrected chi connectivity index (χ3v) is 11.3. The Hall–Kier alpha value is -5.52. The molecule has 2 heterocycles. The summed E-state index contributed by atoms with van der Waals surface area (Å²) in [5.41, 5.74) is 5.58. The number of benzene rings is 2. The zero-order valence-electron chi connectivity index (χ0n) is 43.9. The average Bonchev–Trinajstić information content (AvgIpc) is 3.64. The summed E-state index contributed by atoms with van der Waals surface area (Å²) < 4.78 is 43.6. The number of aliphatic hydroxyl groups is 1. The quantitative estimate of drug-likeness (QED) is 0.0757. The zero-order chi connectivity index (χ0) is 52.5. The molecule has 388 valence electrons. The third-order valence-electron chi connectivity index (χ3n) is 11.3. The Morgan fingerprint density at radius 3 is 1.87 bits per heavy atom. The Labute approximate surface area is 413 Å². The molecule has 1 aromatic heterocycles. The van der Waals surface area contributed by atoms with Crippen LogP contribution in [0.1, 0.15) is 137 Å². The van der Waals surface area contributed by atoms with Crippen LogP contribution in [0.15, 0.2) is 48.5 Å². The lowest BCUT2D eigenvalue weighted by molar-refractivity contribution is -0.294. The molecule has 1 amide bonds. The second kappa shape index (κ2) is 23.6. The molecule has 1 aliphatic rings. The number of carbonyl (C=O) groups excluding carboxylic acids is 5. The Kier molecular flexibility index (Phi) is 19.2. The number of aliphatic hydroxyl groups excluding tert-OH is 1. The van der Waals surface area contributed by atoms with Gasteiger partial charge in [-0.25, -0.2) is 0 Å². The molecule has 0 aliphatic carbocycles. The molecule has 6 atom stereocenters. The van der Waals surface area contributed by atoms with Gasteiger partial charge >= 0.3 is 23.9 Å². The van der Waals surface area contributed by atoms with Gasteiger partial charge in [-0.3, -0.25) is 34.0 Å². The van der Waals surface area contributed by atoms with Crippen molar-refractivity contribution in [2.45, 2.75) is 166 Å². The van der Waals surface area contributed by atoms with Crippen LogP contribution in [0.25, 0.3) is 0 Å². The molecule has 0 unspecified atom stereocenters. The van der Waals surface area contributed by atoms with Crippen molar-refractivity contribution in [1.82, 2.24) is 15.1 Å². The Balaban J connectivity index is 1.70. The van der Waals surface area contributed by atoms with Gasteiger partial charge in [0.2, 0.25) is 24.2 Å². The maximum absolute atomic E-state index is 13.9. The summed E-state index contributed by atoms with van der Waals surface area (Å²) in [4.78, 5) is 68.1. The molecule has 17 nitrogen and oxygen atoms in total. The number of amides is 1. The SMILES string of the molecule is Cc1cc(OC[C@H](O)CN(CCC(N)=O)Cc2ccccc2)ccc1Cc1c(O[C@@H]2O[C@H](COC(=O)C(C)(C)C)[C@@H](OC(=O)C(C)(C)C)[C@H](OC(=O)C(C)(C)C)[C@H]2OC(=O)C(C)(C)C)n[nH]c1C(C)C. The third kappa shape index (κ3) is 16.5. The second-order valence-corrected chi connectivity index (χ2v) is 22.6. The second-order valence-electron chi connectivity index (χ2n) is 22.6. The van der Waals surface area contributed by atoms with Gasteiger partial charge in [-0.1, -0.05) is 50.2 Å². The van der Waals surface area contributed by atoms with Crippen molar-refractivity contribution in [3.63, 3.8) is 0 Å². The molecule has 1 saturated heterocycles. The van der Waals surface area contributed by atoms with Crippen LogP contribution < -0.4 is 15.2 Å². The summed E-state index contributed by atoms with van der Waals surface area (Å²) >= 11 is 0. The van der Waals surface area contributed by atoms with Gasteiger partial charge in [-0.05, 0) is 125 Å². The lowest BCUT2D eigenvalue weighted by Gasteiger charge is -2.45. The molecule has 1 aliphatic heterocycles. The van der Waals surface area contributed by atoms with Crippen molar-refractivity contribution in [1.29, 1.82) is 0 Å². The molecule has 70 heavy (non-hydrogen) atoms. The number of nitrogens with one attached hydrogen (secondary N) is 1. The molecular formula is C53H78N4O13. The highest BCUT2D eigenvalue weighted by Gasteiger charge is 2.56. The van der Waals surface area contributed by atoms with Gasteiger partial charge in [-0.2, -0.15) is 0 Å². The van der Waals surface area contributed by atoms with E-state index in [1.807, 2.05) is 74.2 Å². The number of esters is 4. The highest BCUT2D eigenvalue weighted by atomic mass is 16.7. The summed E-state index contributed by atoms with van der Waals surface area (Å²) in [5, 5.41) is 18.7. The number of rotatable bonds is 20. The van der Waals surface area contributed by atoms with E-state index in [1.165, 1.54) is 0 Å². The van der Waals surface area contributed by atoms with Gasteiger partial charge in [0.1, 0.15) is 31.2 Å². The van der Waals surface area contributed by atoms with E-state index >= 15 is 0 Å².